The van der Waals surface area contributed by atoms with Crippen LogP contribution in [0.4, 0.5) is 0 Å². The lowest BCUT2D eigenvalue weighted by atomic mass is 9.83. The molecule has 0 aromatic carbocycles. The Hall–Kier alpha value is -0.390. The molecule has 2 heterocycles. The highest BCUT2D eigenvalue weighted by Crippen LogP contribution is 2.31. The maximum Gasteiger partial charge on any atom is 0.219 e. The van der Waals surface area contributed by atoms with Gasteiger partial charge in [-0.25, -0.2) is 8.42 Å². The van der Waals surface area contributed by atoms with E-state index in [1.807, 2.05) is 11.9 Å². The second-order valence-electron chi connectivity index (χ2n) is 6.48. The molecule has 4 nitrogen and oxygen atoms in total. The smallest absolute Gasteiger partial charge is 0.219 e. The summed E-state index contributed by atoms with van der Waals surface area (Å²) in [7, 11) is -1.12. The van der Waals surface area contributed by atoms with Gasteiger partial charge in [-0.05, 0) is 18.9 Å². The molecule has 0 bridgehead atoms. The van der Waals surface area contributed by atoms with Crippen molar-refractivity contribution in [3.8, 4) is 0 Å². The van der Waals surface area contributed by atoms with E-state index in [0.29, 0.717) is 26.2 Å². The lowest BCUT2D eigenvalue weighted by molar-refractivity contribution is 0.224. The zero-order chi connectivity index (χ0) is 13.6. The van der Waals surface area contributed by atoms with Gasteiger partial charge in [0.2, 0.25) is 10.0 Å². The SMILES string of the molecule is CN1CC(S(=O)(=O)N2CC=C(C(C)(C)C)CC2)C1. The molecule has 5 heteroatoms. The van der Waals surface area contributed by atoms with Gasteiger partial charge in [0.05, 0.1) is 0 Å². The molecule has 0 saturated carbocycles. The zero-order valence-electron chi connectivity index (χ0n) is 11.8. The molecule has 0 radical (unpaired) electrons. The van der Waals surface area contributed by atoms with Gasteiger partial charge in [0.1, 0.15) is 5.25 Å². The second kappa shape index (κ2) is 4.62. The van der Waals surface area contributed by atoms with Crippen LogP contribution in [0.15, 0.2) is 11.6 Å². The van der Waals surface area contributed by atoms with Crippen LogP contribution in [0.5, 0.6) is 0 Å². The van der Waals surface area contributed by atoms with E-state index < -0.39 is 10.0 Å². The quantitative estimate of drug-likeness (QED) is 0.712. The molecule has 1 fully saturated rings. The van der Waals surface area contributed by atoms with Gasteiger partial charge in [0, 0.05) is 26.2 Å². The molecule has 0 N–H and O–H groups in total. The number of sulfonamides is 1. The highest BCUT2D eigenvalue weighted by Gasteiger charge is 2.39. The van der Waals surface area contributed by atoms with Gasteiger partial charge in [-0.2, -0.15) is 4.31 Å². The summed E-state index contributed by atoms with van der Waals surface area (Å²) in [6, 6.07) is 0. The maximum atomic E-state index is 12.3. The minimum Gasteiger partial charge on any atom is -0.304 e. The number of hydrogen-bond acceptors (Lipinski definition) is 3. The van der Waals surface area contributed by atoms with Crippen LogP contribution in [-0.2, 0) is 10.0 Å². The molecular formula is C13H24N2O2S. The van der Waals surface area contributed by atoms with Gasteiger partial charge in [0.15, 0.2) is 0 Å². The van der Waals surface area contributed by atoms with E-state index >= 15 is 0 Å². The molecular weight excluding hydrogens is 248 g/mol. The largest absolute Gasteiger partial charge is 0.304 e. The predicted octanol–water partition coefficient (Wildman–Crippen LogP) is 1.31. The van der Waals surface area contributed by atoms with Crippen LogP contribution in [-0.4, -0.2) is 56.1 Å². The van der Waals surface area contributed by atoms with Crippen molar-refractivity contribution in [3.05, 3.63) is 11.6 Å². The minimum atomic E-state index is -3.08. The number of nitrogens with zero attached hydrogens (tertiary/aromatic N) is 2. The van der Waals surface area contributed by atoms with Crippen molar-refractivity contribution in [2.75, 3.05) is 33.2 Å². The van der Waals surface area contributed by atoms with Gasteiger partial charge in [-0.1, -0.05) is 32.4 Å². The molecule has 18 heavy (non-hydrogen) atoms. The molecule has 0 aliphatic carbocycles. The molecule has 0 aromatic heterocycles. The second-order valence-corrected chi connectivity index (χ2v) is 8.69. The first-order valence-corrected chi connectivity index (χ1v) is 8.08. The first kappa shape index (κ1) is 14.0. The van der Waals surface area contributed by atoms with E-state index in [2.05, 4.69) is 26.8 Å². The van der Waals surface area contributed by atoms with Crippen LogP contribution >= 0.6 is 0 Å². The van der Waals surface area contributed by atoms with Crippen molar-refractivity contribution in [1.29, 1.82) is 0 Å². The van der Waals surface area contributed by atoms with E-state index in [1.54, 1.807) is 4.31 Å². The van der Waals surface area contributed by atoms with E-state index in [0.717, 1.165) is 6.42 Å². The van der Waals surface area contributed by atoms with Gasteiger partial charge >= 0.3 is 0 Å². The fourth-order valence-electron chi connectivity index (χ4n) is 2.60. The van der Waals surface area contributed by atoms with Crippen molar-refractivity contribution >= 4 is 10.0 Å². The molecule has 0 aromatic rings. The summed E-state index contributed by atoms with van der Waals surface area (Å²) < 4.78 is 26.3. The highest BCUT2D eigenvalue weighted by molar-refractivity contribution is 7.89. The van der Waals surface area contributed by atoms with Gasteiger partial charge in [-0.15, -0.1) is 0 Å². The molecule has 104 valence electrons. The molecule has 2 aliphatic rings. The van der Waals surface area contributed by atoms with Crippen LogP contribution in [0.1, 0.15) is 27.2 Å². The Morgan fingerprint density at radius 1 is 1.28 bits per heavy atom. The van der Waals surface area contributed by atoms with Crippen molar-refractivity contribution in [1.82, 2.24) is 9.21 Å². The number of hydrogen-bond donors (Lipinski definition) is 0. The zero-order valence-corrected chi connectivity index (χ0v) is 12.6. The third kappa shape index (κ3) is 2.63. The summed E-state index contributed by atoms with van der Waals surface area (Å²) in [5.74, 6) is 0. The molecule has 2 rings (SSSR count). The molecule has 1 saturated heterocycles. The molecule has 0 amide bonds. The Bertz CT molecular complexity index is 442. The van der Waals surface area contributed by atoms with E-state index in [4.69, 9.17) is 0 Å². The average Bonchev–Trinajstić information content (AvgIpc) is 2.24. The van der Waals surface area contributed by atoms with Crippen LogP contribution in [0.3, 0.4) is 0 Å². The molecule has 0 unspecified atom stereocenters. The topological polar surface area (TPSA) is 40.6 Å². The summed E-state index contributed by atoms with van der Waals surface area (Å²) in [6.45, 7) is 9.10. The van der Waals surface area contributed by atoms with Crippen LogP contribution < -0.4 is 0 Å². The third-order valence-corrected chi connectivity index (χ3v) is 6.14. The first-order valence-electron chi connectivity index (χ1n) is 6.58. The van der Waals surface area contributed by atoms with Crippen molar-refractivity contribution in [2.24, 2.45) is 5.41 Å². The Balaban J connectivity index is 2.04. The molecule has 0 atom stereocenters. The van der Waals surface area contributed by atoms with E-state index in [9.17, 15) is 8.42 Å². The standard InChI is InChI=1S/C13H24N2O2S/c1-13(2,3)11-5-7-15(8-6-11)18(16,17)12-9-14(4)10-12/h5,12H,6-10H2,1-4H3. The van der Waals surface area contributed by atoms with Crippen LogP contribution in [0.2, 0.25) is 0 Å². The van der Waals surface area contributed by atoms with Crippen LogP contribution in [0, 0.1) is 5.41 Å². The maximum absolute atomic E-state index is 12.3. The summed E-state index contributed by atoms with van der Waals surface area (Å²) in [4.78, 5) is 2.04. The van der Waals surface area contributed by atoms with Crippen molar-refractivity contribution in [3.63, 3.8) is 0 Å². The van der Waals surface area contributed by atoms with E-state index in [1.165, 1.54) is 5.57 Å². The first-order chi connectivity index (χ1) is 8.21. The van der Waals surface area contributed by atoms with Gasteiger partial charge in [0.25, 0.3) is 0 Å². The molecule has 0 spiro atoms. The average molecular weight is 272 g/mol. The fraction of sp³-hybridized carbons (Fsp3) is 0.846. The van der Waals surface area contributed by atoms with E-state index in [-0.39, 0.29) is 10.7 Å². The number of rotatable bonds is 2. The monoisotopic (exact) mass is 272 g/mol. The Morgan fingerprint density at radius 3 is 2.28 bits per heavy atom. The minimum absolute atomic E-state index is 0.159. The van der Waals surface area contributed by atoms with Gasteiger partial charge in [-0.3, -0.25) is 0 Å². The van der Waals surface area contributed by atoms with Crippen LogP contribution in [0.25, 0.3) is 0 Å². The molecule has 2 aliphatic heterocycles. The van der Waals surface area contributed by atoms with Crippen molar-refractivity contribution in [2.45, 2.75) is 32.4 Å². The Kier molecular flexibility index (Phi) is 3.60. The summed E-state index contributed by atoms with van der Waals surface area (Å²) in [6.07, 6.45) is 2.97. The van der Waals surface area contributed by atoms with Gasteiger partial charge < -0.3 is 4.90 Å². The fourth-order valence-corrected chi connectivity index (χ4v) is 4.54. The lowest BCUT2D eigenvalue weighted by Gasteiger charge is -2.40. The normalized spacial score (nSPS) is 24.8. The highest BCUT2D eigenvalue weighted by atomic mass is 32.2. The predicted molar refractivity (Wildman–Crippen MR) is 73.9 cm³/mol. The Morgan fingerprint density at radius 2 is 1.89 bits per heavy atom. The summed E-state index contributed by atoms with van der Waals surface area (Å²) in [5, 5.41) is -0.188. The lowest BCUT2D eigenvalue weighted by Crippen LogP contribution is -2.57. The number of likely N-dealkylation sites (tertiary alicyclic amines) is 1. The summed E-state index contributed by atoms with van der Waals surface area (Å²) in [5.41, 5.74) is 1.53. The van der Waals surface area contributed by atoms with Crippen molar-refractivity contribution < 1.29 is 8.42 Å². The Labute approximate surface area is 111 Å². The third-order valence-electron chi connectivity index (χ3n) is 3.95. The summed E-state index contributed by atoms with van der Waals surface area (Å²) >= 11 is 0.